The summed E-state index contributed by atoms with van der Waals surface area (Å²) in [6.45, 7) is 0.150. The molecule has 0 saturated heterocycles. The molecule has 0 saturated carbocycles. The van der Waals surface area contributed by atoms with Crippen molar-refractivity contribution in [2.75, 3.05) is 13.7 Å². The number of rotatable bonds is 4. The Morgan fingerprint density at radius 3 is 2.27 bits per heavy atom. The zero-order valence-electron chi connectivity index (χ0n) is 8.72. The summed E-state index contributed by atoms with van der Waals surface area (Å²) < 4.78 is 0. The van der Waals surface area contributed by atoms with Crippen LogP contribution in [-0.4, -0.2) is 23.7 Å². The van der Waals surface area contributed by atoms with Gasteiger partial charge in [0, 0.05) is 18.7 Å². The molecule has 3 N–H and O–H groups in total. The normalized spacial score (nSPS) is 9.00. The smallest absolute Gasteiger partial charge is 0.269 e. The predicted octanol–water partition coefficient (Wildman–Crippen LogP) is 1.09. The lowest BCUT2D eigenvalue weighted by Gasteiger charge is -1.97. The standard InChI is InChI=1S/C9H11NO3.CH5N/c11-7-1-2-8-3-5-9(6-4-8)10(12)13;1-2/h3-6,11H,1-2,7H2;2H2,1H3. The molecule has 0 aromatic heterocycles. The number of hydrogen-bond donors (Lipinski definition) is 2. The largest absolute Gasteiger partial charge is 0.396 e. The van der Waals surface area contributed by atoms with E-state index < -0.39 is 4.92 Å². The molecule has 1 aromatic rings. The number of aliphatic hydroxyl groups excluding tert-OH is 1. The van der Waals surface area contributed by atoms with Gasteiger partial charge in [-0.25, -0.2) is 0 Å². The van der Waals surface area contributed by atoms with E-state index in [9.17, 15) is 10.1 Å². The first-order valence-electron chi connectivity index (χ1n) is 4.66. The molecular weight excluding hydrogens is 196 g/mol. The lowest BCUT2D eigenvalue weighted by molar-refractivity contribution is -0.384. The quantitative estimate of drug-likeness (QED) is 0.577. The van der Waals surface area contributed by atoms with Crippen LogP contribution in [0.5, 0.6) is 0 Å². The van der Waals surface area contributed by atoms with Crippen LogP contribution in [-0.2, 0) is 6.42 Å². The van der Waals surface area contributed by atoms with E-state index in [-0.39, 0.29) is 12.3 Å². The third-order valence-corrected chi connectivity index (χ3v) is 1.77. The molecule has 5 heteroatoms. The maximum absolute atomic E-state index is 10.3. The van der Waals surface area contributed by atoms with Crippen molar-refractivity contribution < 1.29 is 10.0 Å². The fraction of sp³-hybridized carbons (Fsp3) is 0.400. The van der Waals surface area contributed by atoms with E-state index in [1.807, 2.05) is 0 Å². The molecule has 0 aliphatic rings. The molecule has 1 rings (SSSR count). The van der Waals surface area contributed by atoms with E-state index in [2.05, 4.69) is 5.73 Å². The molecule has 15 heavy (non-hydrogen) atoms. The highest BCUT2D eigenvalue weighted by atomic mass is 16.6. The number of non-ortho nitro benzene ring substituents is 1. The highest BCUT2D eigenvalue weighted by Crippen LogP contribution is 2.12. The number of nitrogens with two attached hydrogens (primary N) is 1. The summed E-state index contributed by atoms with van der Waals surface area (Å²) in [7, 11) is 1.50. The molecule has 0 aliphatic carbocycles. The number of hydrogen-bond acceptors (Lipinski definition) is 4. The van der Waals surface area contributed by atoms with E-state index in [0.29, 0.717) is 6.42 Å². The molecule has 0 aliphatic heterocycles. The Morgan fingerprint density at radius 1 is 1.33 bits per heavy atom. The van der Waals surface area contributed by atoms with Gasteiger partial charge in [0.25, 0.3) is 5.69 Å². The molecule has 84 valence electrons. The molecule has 0 amide bonds. The summed E-state index contributed by atoms with van der Waals surface area (Å²) in [4.78, 5) is 9.87. The Hall–Kier alpha value is -1.46. The number of nitro benzene ring substituents is 1. The van der Waals surface area contributed by atoms with Crippen molar-refractivity contribution in [3.05, 3.63) is 39.9 Å². The average Bonchev–Trinajstić information content (AvgIpc) is 2.29. The molecule has 0 unspecified atom stereocenters. The Kier molecular flexibility index (Phi) is 7.13. The van der Waals surface area contributed by atoms with Gasteiger partial charge in [0.15, 0.2) is 0 Å². The summed E-state index contributed by atoms with van der Waals surface area (Å²) in [5.41, 5.74) is 5.62. The van der Waals surface area contributed by atoms with Gasteiger partial charge in [-0.2, -0.15) is 0 Å². The zero-order valence-corrected chi connectivity index (χ0v) is 8.72. The second kappa shape index (κ2) is 7.90. The van der Waals surface area contributed by atoms with Gasteiger partial charge in [-0.05, 0) is 25.5 Å². The van der Waals surface area contributed by atoms with Crippen molar-refractivity contribution in [1.29, 1.82) is 0 Å². The van der Waals surface area contributed by atoms with E-state index in [1.165, 1.54) is 19.2 Å². The van der Waals surface area contributed by atoms with Crippen LogP contribution in [0.3, 0.4) is 0 Å². The summed E-state index contributed by atoms with van der Waals surface area (Å²) >= 11 is 0. The van der Waals surface area contributed by atoms with Gasteiger partial charge in [0.2, 0.25) is 0 Å². The predicted molar refractivity (Wildman–Crippen MR) is 58.6 cm³/mol. The summed E-state index contributed by atoms with van der Waals surface area (Å²) in [5.74, 6) is 0. The Balaban J connectivity index is 0.000000921. The average molecular weight is 212 g/mol. The fourth-order valence-electron chi connectivity index (χ4n) is 1.07. The summed E-state index contributed by atoms with van der Waals surface area (Å²) in [6, 6.07) is 6.39. The summed E-state index contributed by atoms with van der Waals surface area (Å²) in [5, 5.41) is 18.9. The van der Waals surface area contributed by atoms with Crippen molar-refractivity contribution >= 4 is 5.69 Å². The molecule has 5 nitrogen and oxygen atoms in total. The maximum Gasteiger partial charge on any atom is 0.269 e. The third kappa shape index (κ3) is 5.09. The lowest BCUT2D eigenvalue weighted by atomic mass is 10.1. The molecule has 0 fully saturated rings. The van der Waals surface area contributed by atoms with Gasteiger partial charge >= 0.3 is 0 Å². The molecule has 0 spiro atoms. The van der Waals surface area contributed by atoms with E-state index in [1.54, 1.807) is 12.1 Å². The van der Waals surface area contributed by atoms with Gasteiger partial charge in [0.05, 0.1) is 4.92 Å². The van der Waals surface area contributed by atoms with Crippen LogP contribution in [0.2, 0.25) is 0 Å². The second-order valence-corrected chi connectivity index (χ2v) is 2.75. The number of nitrogens with zero attached hydrogens (tertiary/aromatic N) is 1. The minimum atomic E-state index is -0.421. The molecule has 0 radical (unpaired) electrons. The number of nitro groups is 1. The minimum Gasteiger partial charge on any atom is -0.396 e. The topological polar surface area (TPSA) is 89.4 Å². The molecule has 0 atom stereocenters. The van der Waals surface area contributed by atoms with Crippen molar-refractivity contribution in [2.24, 2.45) is 5.73 Å². The van der Waals surface area contributed by atoms with Gasteiger partial charge in [-0.1, -0.05) is 12.1 Å². The monoisotopic (exact) mass is 212 g/mol. The Bertz CT molecular complexity index is 285. The Labute approximate surface area is 88.7 Å². The number of aryl methyl sites for hydroxylation is 1. The van der Waals surface area contributed by atoms with Gasteiger partial charge in [0.1, 0.15) is 0 Å². The van der Waals surface area contributed by atoms with Gasteiger partial charge in [-0.3, -0.25) is 10.1 Å². The van der Waals surface area contributed by atoms with Crippen LogP contribution in [0.4, 0.5) is 5.69 Å². The lowest BCUT2D eigenvalue weighted by Crippen LogP contribution is -1.91. The third-order valence-electron chi connectivity index (χ3n) is 1.77. The fourth-order valence-corrected chi connectivity index (χ4v) is 1.07. The molecule has 0 heterocycles. The van der Waals surface area contributed by atoms with E-state index in [0.717, 1.165) is 12.0 Å². The SMILES string of the molecule is CN.O=[N+]([O-])c1ccc(CCCO)cc1. The van der Waals surface area contributed by atoms with Crippen molar-refractivity contribution in [3.63, 3.8) is 0 Å². The van der Waals surface area contributed by atoms with E-state index >= 15 is 0 Å². The first-order valence-corrected chi connectivity index (χ1v) is 4.66. The molecule has 0 bridgehead atoms. The first-order chi connectivity index (χ1) is 7.24. The number of aliphatic hydroxyl groups is 1. The van der Waals surface area contributed by atoms with E-state index in [4.69, 9.17) is 5.11 Å². The van der Waals surface area contributed by atoms with Crippen LogP contribution >= 0.6 is 0 Å². The van der Waals surface area contributed by atoms with Crippen molar-refractivity contribution in [1.82, 2.24) is 0 Å². The van der Waals surface area contributed by atoms with Crippen LogP contribution in [0, 0.1) is 10.1 Å². The second-order valence-electron chi connectivity index (χ2n) is 2.75. The molecular formula is C10H16N2O3. The van der Waals surface area contributed by atoms with Crippen LogP contribution in [0.1, 0.15) is 12.0 Å². The van der Waals surface area contributed by atoms with Gasteiger partial charge in [-0.15, -0.1) is 0 Å². The Morgan fingerprint density at radius 2 is 1.87 bits per heavy atom. The van der Waals surface area contributed by atoms with Crippen LogP contribution in [0.25, 0.3) is 0 Å². The first kappa shape index (κ1) is 13.5. The van der Waals surface area contributed by atoms with Crippen LogP contribution in [0.15, 0.2) is 24.3 Å². The van der Waals surface area contributed by atoms with Crippen molar-refractivity contribution in [2.45, 2.75) is 12.8 Å². The minimum absolute atomic E-state index is 0.104. The van der Waals surface area contributed by atoms with Crippen LogP contribution < -0.4 is 5.73 Å². The maximum atomic E-state index is 10.3. The highest BCUT2D eigenvalue weighted by Gasteiger charge is 2.02. The zero-order chi connectivity index (χ0) is 11.7. The van der Waals surface area contributed by atoms with Crippen molar-refractivity contribution in [3.8, 4) is 0 Å². The molecule has 1 aromatic carbocycles. The van der Waals surface area contributed by atoms with Gasteiger partial charge < -0.3 is 10.8 Å². The summed E-state index contributed by atoms with van der Waals surface area (Å²) in [6.07, 6.45) is 1.45. The highest BCUT2D eigenvalue weighted by molar-refractivity contribution is 5.32. The number of benzene rings is 1.